The maximum absolute atomic E-state index is 12.8. The first-order valence-electron chi connectivity index (χ1n) is 10.7. The molecular formula is C23H27N5O4. The largest absolute Gasteiger partial charge is 0.486 e. The maximum atomic E-state index is 12.8. The Bertz CT molecular complexity index is 1190. The zero-order valence-corrected chi connectivity index (χ0v) is 18.5. The van der Waals surface area contributed by atoms with E-state index >= 15 is 0 Å². The highest BCUT2D eigenvalue weighted by Crippen LogP contribution is 2.33. The number of fused-ring (bicyclic) bond motifs is 2. The zero-order valence-electron chi connectivity index (χ0n) is 18.5. The molecule has 2 aromatic heterocycles. The lowest BCUT2D eigenvalue weighted by Crippen LogP contribution is -2.28. The number of nitrogens with one attached hydrogen (secondary N) is 1. The van der Waals surface area contributed by atoms with Crippen molar-refractivity contribution in [3.05, 3.63) is 52.5 Å². The van der Waals surface area contributed by atoms with Crippen molar-refractivity contribution in [3.8, 4) is 11.5 Å². The molecule has 0 fully saturated rings. The summed E-state index contributed by atoms with van der Waals surface area (Å²) in [6, 6.07) is 5.66. The normalized spacial score (nSPS) is 13.7. The van der Waals surface area contributed by atoms with Crippen LogP contribution >= 0.6 is 0 Å². The molecule has 0 saturated heterocycles. The Morgan fingerprint density at radius 2 is 1.97 bits per heavy atom. The number of nitrogens with two attached hydrogens (primary N) is 1. The van der Waals surface area contributed by atoms with Crippen molar-refractivity contribution in [1.29, 1.82) is 0 Å². The zero-order chi connectivity index (χ0) is 22.8. The van der Waals surface area contributed by atoms with Gasteiger partial charge in [-0.15, -0.1) is 0 Å². The number of carbonyl (C=O) groups is 2. The summed E-state index contributed by atoms with van der Waals surface area (Å²) in [6.07, 6.45) is 2.99. The van der Waals surface area contributed by atoms with E-state index in [1.54, 1.807) is 4.52 Å². The molecule has 9 heteroatoms. The molecule has 168 valence electrons. The first kappa shape index (κ1) is 21.6. The van der Waals surface area contributed by atoms with Gasteiger partial charge in [-0.25, -0.2) is 9.50 Å². The van der Waals surface area contributed by atoms with Crippen LogP contribution in [0.3, 0.4) is 0 Å². The summed E-state index contributed by atoms with van der Waals surface area (Å²) in [5.41, 5.74) is 9.63. The predicted octanol–water partition coefficient (Wildman–Crippen LogP) is 2.42. The van der Waals surface area contributed by atoms with Crippen LogP contribution in [0.2, 0.25) is 0 Å². The molecule has 32 heavy (non-hydrogen) atoms. The fraction of sp³-hybridized carbons (Fsp3) is 0.391. The van der Waals surface area contributed by atoms with Crippen molar-refractivity contribution in [1.82, 2.24) is 19.9 Å². The monoisotopic (exact) mass is 437 g/mol. The van der Waals surface area contributed by atoms with Gasteiger partial charge in [-0.1, -0.05) is 13.0 Å². The minimum absolute atomic E-state index is 0.0519. The molecule has 3 N–H and O–H groups in total. The third-order valence-electron chi connectivity index (χ3n) is 5.79. The second-order valence-corrected chi connectivity index (χ2v) is 7.85. The molecule has 1 aliphatic heterocycles. The van der Waals surface area contributed by atoms with E-state index < -0.39 is 5.91 Å². The lowest BCUT2D eigenvalue weighted by atomic mass is 10.0. The second kappa shape index (κ2) is 8.86. The summed E-state index contributed by atoms with van der Waals surface area (Å²) in [7, 11) is 0. The molecular weight excluding hydrogens is 410 g/mol. The molecule has 1 aromatic carbocycles. The minimum atomic E-state index is -0.567. The predicted molar refractivity (Wildman–Crippen MR) is 118 cm³/mol. The van der Waals surface area contributed by atoms with E-state index in [1.807, 2.05) is 39.0 Å². The lowest BCUT2D eigenvalue weighted by molar-refractivity contribution is -0.121. The van der Waals surface area contributed by atoms with Gasteiger partial charge in [0.15, 0.2) is 17.1 Å². The number of benzene rings is 1. The Labute approximate surface area is 185 Å². The van der Waals surface area contributed by atoms with Crippen molar-refractivity contribution < 1.29 is 19.1 Å². The topological polar surface area (TPSA) is 121 Å². The Hall–Kier alpha value is -3.62. The van der Waals surface area contributed by atoms with E-state index in [1.165, 1.54) is 6.20 Å². The molecule has 1 atom stereocenters. The highest BCUT2D eigenvalue weighted by atomic mass is 16.6. The van der Waals surface area contributed by atoms with Gasteiger partial charge in [-0.3, -0.25) is 9.59 Å². The van der Waals surface area contributed by atoms with E-state index in [4.69, 9.17) is 15.2 Å². The number of ether oxygens (including phenoxy) is 2. The number of aryl methyl sites for hydroxylation is 2. The van der Waals surface area contributed by atoms with Gasteiger partial charge >= 0.3 is 0 Å². The first-order valence-corrected chi connectivity index (χ1v) is 10.7. The average Bonchev–Trinajstić information content (AvgIpc) is 3.21. The quantitative estimate of drug-likeness (QED) is 0.586. The van der Waals surface area contributed by atoms with Crippen LogP contribution in [0.4, 0.5) is 0 Å². The molecule has 2 amide bonds. The van der Waals surface area contributed by atoms with Crippen LogP contribution in [-0.2, 0) is 11.2 Å². The molecule has 1 unspecified atom stereocenters. The Kier molecular flexibility index (Phi) is 5.98. The maximum Gasteiger partial charge on any atom is 0.254 e. The van der Waals surface area contributed by atoms with Crippen LogP contribution in [0.5, 0.6) is 11.5 Å². The molecule has 0 radical (unpaired) electrons. The first-order chi connectivity index (χ1) is 15.4. The van der Waals surface area contributed by atoms with Gasteiger partial charge in [0.1, 0.15) is 18.8 Å². The van der Waals surface area contributed by atoms with Crippen molar-refractivity contribution in [2.45, 2.75) is 46.1 Å². The van der Waals surface area contributed by atoms with E-state index in [2.05, 4.69) is 15.4 Å². The van der Waals surface area contributed by atoms with Crippen molar-refractivity contribution in [2.75, 3.05) is 13.2 Å². The number of carbonyl (C=O) groups excluding carboxylic acids is 2. The van der Waals surface area contributed by atoms with Crippen LogP contribution in [0.1, 0.15) is 58.7 Å². The SMILES string of the molecule is CCC(NC(=O)CCc1c(C)nc2c(C(N)=O)cnn2c1C)c1ccc2c(c1)OCCO2. The molecule has 9 nitrogen and oxygen atoms in total. The third kappa shape index (κ3) is 4.10. The third-order valence-corrected chi connectivity index (χ3v) is 5.79. The molecule has 0 aliphatic carbocycles. The highest BCUT2D eigenvalue weighted by Gasteiger charge is 2.20. The van der Waals surface area contributed by atoms with Gasteiger partial charge in [0.25, 0.3) is 5.91 Å². The number of hydrogen-bond acceptors (Lipinski definition) is 6. The van der Waals surface area contributed by atoms with E-state index in [0.29, 0.717) is 37.5 Å². The molecule has 3 aromatic rings. The summed E-state index contributed by atoms with van der Waals surface area (Å²) in [5, 5.41) is 7.35. The Morgan fingerprint density at radius 1 is 1.22 bits per heavy atom. The highest BCUT2D eigenvalue weighted by molar-refractivity contribution is 5.98. The van der Waals surface area contributed by atoms with E-state index in [0.717, 1.165) is 34.7 Å². The summed E-state index contributed by atoms with van der Waals surface area (Å²) in [5.74, 6) is 0.821. The molecule has 3 heterocycles. The number of amides is 2. The van der Waals surface area contributed by atoms with Crippen LogP contribution in [0, 0.1) is 13.8 Å². The van der Waals surface area contributed by atoms with Gasteiger partial charge in [0.2, 0.25) is 5.91 Å². The van der Waals surface area contributed by atoms with E-state index in [9.17, 15) is 9.59 Å². The van der Waals surface area contributed by atoms with Gasteiger partial charge < -0.3 is 20.5 Å². The average molecular weight is 438 g/mol. The number of aromatic nitrogens is 3. The number of nitrogens with zero attached hydrogens (tertiary/aromatic N) is 3. The summed E-state index contributed by atoms with van der Waals surface area (Å²) >= 11 is 0. The minimum Gasteiger partial charge on any atom is -0.486 e. The van der Waals surface area contributed by atoms with Gasteiger partial charge in [0.05, 0.1) is 12.2 Å². The summed E-state index contributed by atoms with van der Waals surface area (Å²) < 4.78 is 12.8. The fourth-order valence-electron chi connectivity index (χ4n) is 4.05. The number of rotatable bonds is 7. The summed E-state index contributed by atoms with van der Waals surface area (Å²) in [4.78, 5) is 28.8. The second-order valence-electron chi connectivity index (χ2n) is 7.85. The Balaban J connectivity index is 1.46. The van der Waals surface area contributed by atoms with Crippen molar-refractivity contribution in [2.24, 2.45) is 5.73 Å². The van der Waals surface area contributed by atoms with Crippen LogP contribution in [0.25, 0.3) is 5.65 Å². The summed E-state index contributed by atoms with van der Waals surface area (Å²) in [6.45, 7) is 6.86. The van der Waals surface area contributed by atoms with Gasteiger partial charge in [-0.2, -0.15) is 5.10 Å². The lowest BCUT2D eigenvalue weighted by Gasteiger charge is -2.22. The fourth-order valence-corrected chi connectivity index (χ4v) is 4.05. The molecule has 1 aliphatic rings. The van der Waals surface area contributed by atoms with Crippen LogP contribution in [-0.4, -0.2) is 39.6 Å². The molecule has 0 spiro atoms. The van der Waals surface area contributed by atoms with Gasteiger partial charge in [0, 0.05) is 17.8 Å². The Morgan fingerprint density at radius 3 is 2.69 bits per heavy atom. The molecule has 0 bridgehead atoms. The van der Waals surface area contributed by atoms with Crippen molar-refractivity contribution in [3.63, 3.8) is 0 Å². The number of hydrogen-bond donors (Lipinski definition) is 2. The standard InChI is InChI=1S/C23H27N5O4/c1-4-18(15-5-7-19-20(11-15)32-10-9-31-19)27-21(29)8-6-16-13(2)26-23-17(22(24)30)12-25-28(23)14(16)3/h5,7,11-12,18H,4,6,8-10H2,1-3H3,(H2,24,30)(H,27,29). The van der Waals surface area contributed by atoms with Crippen LogP contribution in [0.15, 0.2) is 24.4 Å². The molecule has 0 saturated carbocycles. The van der Waals surface area contributed by atoms with Crippen molar-refractivity contribution >= 4 is 17.5 Å². The van der Waals surface area contributed by atoms with Crippen LogP contribution < -0.4 is 20.5 Å². The van der Waals surface area contributed by atoms with E-state index in [-0.39, 0.29) is 17.5 Å². The van der Waals surface area contributed by atoms with Gasteiger partial charge in [-0.05, 0) is 49.9 Å². The smallest absolute Gasteiger partial charge is 0.254 e. The number of primary amides is 1. The molecule has 4 rings (SSSR count).